The molecule has 4 rings (SSSR count). The number of fused-ring (bicyclic) bond motifs is 1. The molecule has 1 aliphatic heterocycles. The van der Waals surface area contributed by atoms with Crippen LogP contribution >= 0.6 is 23.4 Å². The number of nitro groups is 1. The van der Waals surface area contributed by atoms with Gasteiger partial charge in [0.05, 0.1) is 22.9 Å². The Hall–Kier alpha value is -3.70. The van der Waals surface area contributed by atoms with E-state index in [1.807, 2.05) is 0 Å². The van der Waals surface area contributed by atoms with E-state index >= 15 is 0 Å². The molecular weight excluding hydrogens is 494 g/mol. The van der Waals surface area contributed by atoms with Crippen LogP contribution in [0.25, 0.3) is 0 Å². The molecule has 0 unspecified atom stereocenters. The highest BCUT2D eigenvalue weighted by Crippen LogP contribution is 2.37. The smallest absolute Gasteiger partial charge is 0.338 e. The number of aromatic nitrogens is 3. The lowest BCUT2D eigenvalue weighted by molar-refractivity contribution is -0.384. The molecule has 180 valence electrons. The molecule has 2 aromatic carbocycles. The van der Waals surface area contributed by atoms with Crippen molar-refractivity contribution in [2.75, 3.05) is 17.7 Å². The summed E-state index contributed by atoms with van der Waals surface area (Å²) in [5.74, 6) is -0.167. The Morgan fingerprint density at radius 1 is 1.20 bits per heavy atom. The van der Waals surface area contributed by atoms with Crippen LogP contribution < -0.4 is 5.32 Å². The van der Waals surface area contributed by atoms with Crippen LogP contribution in [0.15, 0.2) is 65.0 Å². The van der Waals surface area contributed by atoms with Crippen molar-refractivity contribution in [2.45, 2.75) is 25.0 Å². The average molecular weight is 514 g/mol. The fraction of sp³-hybridized carbons (Fsp3) is 0.217. The lowest BCUT2D eigenvalue weighted by Crippen LogP contribution is -2.29. The maximum absolute atomic E-state index is 12.8. The van der Waals surface area contributed by atoms with E-state index in [0.29, 0.717) is 38.5 Å². The van der Waals surface area contributed by atoms with Crippen molar-refractivity contribution >= 4 is 46.8 Å². The molecule has 12 heteroatoms. The number of halogens is 1. The van der Waals surface area contributed by atoms with E-state index < -0.39 is 16.9 Å². The van der Waals surface area contributed by atoms with Gasteiger partial charge < -0.3 is 10.1 Å². The van der Waals surface area contributed by atoms with Crippen LogP contribution in [0.3, 0.4) is 0 Å². The number of rotatable bonds is 8. The van der Waals surface area contributed by atoms with E-state index in [1.165, 1.54) is 16.8 Å². The van der Waals surface area contributed by atoms with Gasteiger partial charge in [0.25, 0.3) is 5.69 Å². The third-order valence-electron chi connectivity index (χ3n) is 5.25. The van der Waals surface area contributed by atoms with Crippen molar-refractivity contribution < 1.29 is 19.2 Å². The molecule has 0 saturated carbocycles. The summed E-state index contributed by atoms with van der Waals surface area (Å²) in [5, 5.41) is 19.6. The number of carbonyl (C=O) groups is 2. The number of ether oxygens (including phenoxy) is 1. The predicted molar refractivity (Wildman–Crippen MR) is 131 cm³/mol. The topological polar surface area (TPSA) is 129 Å². The monoisotopic (exact) mass is 513 g/mol. The molecule has 1 atom stereocenters. The molecule has 35 heavy (non-hydrogen) atoms. The number of carbonyl (C=O) groups excluding carboxylic acids is 2. The number of anilines is 1. The van der Waals surface area contributed by atoms with Crippen molar-refractivity contribution in [2.24, 2.45) is 0 Å². The number of non-ortho nitro benzene ring substituents is 1. The third kappa shape index (κ3) is 5.20. The van der Waals surface area contributed by atoms with Gasteiger partial charge in [-0.25, -0.2) is 9.48 Å². The second-order valence-electron chi connectivity index (χ2n) is 7.52. The van der Waals surface area contributed by atoms with Gasteiger partial charge in [-0.2, -0.15) is 4.98 Å². The predicted octanol–water partition coefficient (Wildman–Crippen LogP) is 4.67. The van der Waals surface area contributed by atoms with E-state index in [2.05, 4.69) is 15.4 Å². The lowest BCUT2D eigenvalue weighted by Gasteiger charge is -2.28. The van der Waals surface area contributed by atoms with Crippen molar-refractivity contribution in [1.82, 2.24) is 14.8 Å². The quantitative estimate of drug-likeness (QED) is 0.150. The Morgan fingerprint density at radius 3 is 2.51 bits per heavy atom. The normalized spacial score (nSPS) is 14.8. The number of hydrogen-bond acceptors (Lipinski definition) is 9. The number of allylic oxidation sites excluding steroid dienone is 1. The first kappa shape index (κ1) is 24.4. The van der Waals surface area contributed by atoms with Crippen LogP contribution in [-0.2, 0) is 9.53 Å². The van der Waals surface area contributed by atoms with Crippen LogP contribution in [0, 0.1) is 10.1 Å². The molecule has 1 aliphatic rings. The lowest BCUT2D eigenvalue weighted by atomic mass is 9.95. The maximum atomic E-state index is 12.8. The number of nitrogens with one attached hydrogen (secondary N) is 1. The molecule has 0 aliphatic carbocycles. The van der Waals surface area contributed by atoms with E-state index in [1.54, 1.807) is 50.2 Å². The number of ketones is 1. The van der Waals surface area contributed by atoms with Crippen molar-refractivity contribution in [3.63, 3.8) is 0 Å². The summed E-state index contributed by atoms with van der Waals surface area (Å²) < 4.78 is 6.78. The van der Waals surface area contributed by atoms with Crippen LogP contribution in [0.5, 0.6) is 0 Å². The first-order valence-electron chi connectivity index (χ1n) is 10.6. The summed E-state index contributed by atoms with van der Waals surface area (Å²) in [5.41, 5.74) is 1.89. The van der Waals surface area contributed by atoms with Gasteiger partial charge in [-0.3, -0.25) is 14.9 Å². The van der Waals surface area contributed by atoms with E-state index in [4.69, 9.17) is 16.3 Å². The Labute approximate surface area is 209 Å². The average Bonchev–Trinajstić information content (AvgIpc) is 3.24. The number of Topliss-reactive ketones (excluding diaryl/α,β-unsaturated/α-hetero) is 1. The Morgan fingerprint density at radius 2 is 1.89 bits per heavy atom. The minimum atomic E-state index is -0.722. The number of hydrogen-bond donors (Lipinski definition) is 1. The van der Waals surface area contributed by atoms with E-state index in [0.717, 1.165) is 11.8 Å². The maximum Gasteiger partial charge on any atom is 0.338 e. The second-order valence-corrected chi connectivity index (χ2v) is 8.90. The first-order valence-corrected chi connectivity index (χ1v) is 11.9. The fourth-order valence-electron chi connectivity index (χ4n) is 3.60. The van der Waals surface area contributed by atoms with Gasteiger partial charge in [-0.05, 0) is 55.8 Å². The molecular formula is C23H20ClN5O5S. The zero-order valence-corrected chi connectivity index (χ0v) is 20.3. The Bertz CT molecular complexity index is 1320. The van der Waals surface area contributed by atoms with Gasteiger partial charge in [0.15, 0.2) is 5.78 Å². The highest BCUT2D eigenvalue weighted by molar-refractivity contribution is 7.99. The molecule has 0 amide bonds. The summed E-state index contributed by atoms with van der Waals surface area (Å²) in [6.07, 6.45) is 0. The molecule has 0 spiro atoms. The number of esters is 1. The molecule has 0 radical (unpaired) electrons. The van der Waals surface area contributed by atoms with E-state index in [-0.39, 0.29) is 23.8 Å². The Balaban J connectivity index is 1.65. The number of nitrogens with zero attached hydrogens (tertiary/aromatic N) is 4. The van der Waals surface area contributed by atoms with E-state index in [9.17, 15) is 19.7 Å². The molecule has 10 nitrogen and oxygen atoms in total. The third-order valence-corrected chi connectivity index (χ3v) is 6.34. The van der Waals surface area contributed by atoms with Crippen molar-refractivity contribution in [1.29, 1.82) is 0 Å². The summed E-state index contributed by atoms with van der Waals surface area (Å²) in [7, 11) is 0. The van der Waals surface area contributed by atoms with Crippen molar-refractivity contribution in [3.8, 4) is 0 Å². The number of nitro benzene ring substituents is 1. The fourth-order valence-corrected chi connectivity index (χ4v) is 4.45. The highest BCUT2D eigenvalue weighted by atomic mass is 35.5. The zero-order valence-electron chi connectivity index (χ0n) is 18.7. The molecule has 0 saturated heterocycles. The summed E-state index contributed by atoms with van der Waals surface area (Å²) in [6.45, 7) is 3.61. The number of benzene rings is 2. The summed E-state index contributed by atoms with van der Waals surface area (Å²) >= 11 is 7.04. The molecule has 3 aromatic rings. The van der Waals surface area contributed by atoms with Crippen molar-refractivity contribution in [3.05, 3.63) is 86.1 Å². The minimum Gasteiger partial charge on any atom is -0.463 e. The number of thioether (sulfide) groups is 1. The molecule has 0 fully saturated rings. The standard InChI is InChI=1S/C23H20ClN5O5S/c1-3-34-21(31)19-13(2)25-22-26-23(35-12-18(30)14-4-8-16(24)9-5-14)27-28(22)20(19)15-6-10-17(11-7-15)29(32)33/h4-11,20H,3,12H2,1-2H3,(H,25,26,27)/t20-/m1/s1. The van der Waals surface area contributed by atoms with Crippen LogP contribution in [0.2, 0.25) is 5.02 Å². The van der Waals surface area contributed by atoms with Crippen LogP contribution in [0.1, 0.15) is 35.8 Å². The SMILES string of the molecule is CCOC(=O)C1=C(C)Nc2nc(SCC(=O)c3ccc(Cl)cc3)nn2[C@@H]1c1ccc([N+](=O)[O-])cc1. The van der Waals surface area contributed by atoms with Gasteiger partial charge in [0, 0.05) is 28.4 Å². The summed E-state index contributed by atoms with van der Waals surface area (Å²) in [6, 6.07) is 11.8. The zero-order chi connectivity index (χ0) is 25.1. The largest absolute Gasteiger partial charge is 0.463 e. The second kappa shape index (κ2) is 10.3. The molecule has 1 aromatic heterocycles. The molecule has 1 N–H and O–H groups in total. The van der Waals surface area contributed by atoms with Crippen LogP contribution in [0.4, 0.5) is 11.6 Å². The Kier molecular flexibility index (Phi) is 7.17. The highest BCUT2D eigenvalue weighted by Gasteiger charge is 2.35. The first-order chi connectivity index (χ1) is 16.8. The summed E-state index contributed by atoms with van der Waals surface area (Å²) in [4.78, 5) is 40.5. The molecule has 2 heterocycles. The van der Waals surface area contributed by atoms with Gasteiger partial charge >= 0.3 is 5.97 Å². The molecule has 0 bridgehead atoms. The minimum absolute atomic E-state index is 0.0724. The van der Waals surface area contributed by atoms with Gasteiger partial charge in [0.1, 0.15) is 6.04 Å². The van der Waals surface area contributed by atoms with Gasteiger partial charge in [-0.1, -0.05) is 23.4 Å². The van der Waals surface area contributed by atoms with Gasteiger partial charge in [-0.15, -0.1) is 5.10 Å². The van der Waals surface area contributed by atoms with Gasteiger partial charge in [0.2, 0.25) is 11.1 Å². The van der Waals surface area contributed by atoms with Crippen LogP contribution in [-0.4, -0.2) is 43.8 Å².